The van der Waals surface area contributed by atoms with Gasteiger partial charge in [0.2, 0.25) is 0 Å². The van der Waals surface area contributed by atoms with Crippen molar-refractivity contribution in [2.45, 2.75) is 13.3 Å². The molecule has 1 saturated heterocycles. The lowest BCUT2D eigenvalue weighted by molar-refractivity contribution is -0.891. The largest absolute Gasteiger partial charge is 0.497 e. The van der Waals surface area contributed by atoms with E-state index in [-0.39, 0.29) is 5.78 Å². The van der Waals surface area contributed by atoms with Gasteiger partial charge in [0, 0.05) is 0 Å². The molecule has 1 heterocycles. The number of benzene rings is 2. The summed E-state index contributed by atoms with van der Waals surface area (Å²) in [5, 5.41) is 0. The molecular formula is C24H28NO3+. The first-order chi connectivity index (χ1) is 13.6. The zero-order chi connectivity index (χ0) is 19.9. The molecule has 2 aromatic rings. The van der Waals surface area contributed by atoms with Crippen LogP contribution in [-0.4, -0.2) is 39.6 Å². The minimum absolute atomic E-state index is 0.145. The molecule has 4 nitrogen and oxygen atoms in total. The van der Waals surface area contributed by atoms with Crippen LogP contribution in [0.3, 0.4) is 0 Å². The summed E-state index contributed by atoms with van der Waals surface area (Å²) in [6, 6.07) is 15.6. The summed E-state index contributed by atoms with van der Waals surface area (Å²) in [4.78, 5) is 14.5. The highest BCUT2D eigenvalue weighted by Crippen LogP contribution is 2.19. The Labute approximate surface area is 167 Å². The number of likely N-dealkylation sites (tertiary alicyclic amines) is 1. The lowest BCUT2D eigenvalue weighted by Crippen LogP contribution is -3.13. The Hall–Kier alpha value is -2.85. The maximum absolute atomic E-state index is 13.1. The van der Waals surface area contributed by atoms with E-state index in [0.717, 1.165) is 59.8 Å². The quantitative estimate of drug-likeness (QED) is 0.786. The second kappa shape index (κ2) is 9.38. The van der Waals surface area contributed by atoms with Crippen LogP contribution in [-0.2, 0) is 4.79 Å². The zero-order valence-electron chi connectivity index (χ0n) is 16.8. The van der Waals surface area contributed by atoms with Crippen molar-refractivity contribution in [2.75, 3.05) is 33.9 Å². The molecule has 0 radical (unpaired) electrons. The van der Waals surface area contributed by atoms with Gasteiger partial charge in [0.15, 0.2) is 5.78 Å². The van der Waals surface area contributed by atoms with Crippen molar-refractivity contribution >= 4 is 17.9 Å². The third kappa shape index (κ3) is 4.90. The minimum atomic E-state index is 0.145. The molecule has 28 heavy (non-hydrogen) atoms. The molecule has 2 aromatic carbocycles. The molecule has 1 atom stereocenters. The van der Waals surface area contributed by atoms with Crippen LogP contribution in [0.4, 0.5) is 0 Å². The molecule has 1 aliphatic heterocycles. The number of quaternary nitrogens is 1. The lowest BCUT2D eigenvalue weighted by Gasteiger charge is -2.26. The summed E-state index contributed by atoms with van der Waals surface area (Å²) in [5.74, 6) is 1.78. The predicted molar refractivity (Wildman–Crippen MR) is 113 cm³/mol. The number of piperidine rings is 1. The van der Waals surface area contributed by atoms with Crippen LogP contribution in [0, 0.1) is 0 Å². The normalized spacial score (nSPS) is 19.8. The van der Waals surface area contributed by atoms with E-state index in [9.17, 15) is 4.79 Å². The molecule has 3 rings (SSSR count). The molecule has 1 aliphatic rings. The summed E-state index contributed by atoms with van der Waals surface area (Å²) in [6.45, 7) is 4.76. The number of ether oxygens (including phenoxy) is 2. The van der Waals surface area contributed by atoms with Crippen molar-refractivity contribution in [3.05, 3.63) is 70.8 Å². The highest BCUT2D eigenvalue weighted by Gasteiger charge is 2.28. The number of methoxy groups -OCH3 is 2. The number of nitrogens with one attached hydrogen (secondary N) is 1. The van der Waals surface area contributed by atoms with Crippen molar-refractivity contribution in [1.82, 2.24) is 0 Å². The number of ketones is 1. The van der Waals surface area contributed by atoms with Crippen LogP contribution < -0.4 is 14.4 Å². The fourth-order valence-electron chi connectivity index (χ4n) is 3.53. The topological polar surface area (TPSA) is 40.0 Å². The van der Waals surface area contributed by atoms with Crippen LogP contribution in [0.1, 0.15) is 24.5 Å². The molecule has 1 fully saturated rings. The molecule has 0 saturated carbocycles. The molecule has 0 bridgehead atoms. The molecule has 0 aromatic heterocycles. The van der Waals surface area contributed by atoms with E-state index >= 15 is 0 Å². The molecule has 0 aliphatic carbocycles. The Morgan fingerprint density at radius 1 is 0.821 bits per heavy atom. The van der Waals surface area contributed by atoms with Crippen molar-refractivity contribution in [1.29, 1.82) is 0 Å². The fourth-order valence-corrected chi connectivity index (χ4v) is 3.53. The van der Waals surface area contributed by atoms with Gasteiger partial charge < -0.3 is 14.4 Å². The average Bonchev–Trinajstić information content (AvgIpc) is 2.72. The van der Waals surface area contributed by atoms with Crippen molar-refractivity contribution in [2.24, 2.45) is 0 Å². The van der Waals surface area contributed by atoms with Gasteiger partial charge >= 0.3 is 0 Å². The third-order valence-electron chi connectivity index (χ3n) is 4.98. The Balaban J connectivity index is 1.90. The number of hydrogen-bond acceptors (Lipinski definition) is 3. The second-order valence-corrected chi connectivity index (χ2v) is 7.07. The smallest absolute Gasteiger partial charge is 0.196 e. The van der Waals surface area contributed by atoms with Gasteiger partial charge in [-0.1, -0.05) is 31.2 Å². The lowest BCUT2D eigenvalue weighted by atomic mass is 9.94. The number of rotatable bonds is 6. The highest BCUT2D eigenvalue weighted by atomic mass is 16.5. The van der Waals surface area contributed by atoms with Gasteiger partial charge in [-0.2, -0.15) is 0 Å². The Morgan fingerprint density at radius 2 is 1.25 bits per heavy atom. The van der Waals surface area contributed by atoms with Gasteiger partial charge in [-0.05, 0) is 54.0 Å². The van der Waals surface area contributed by atoms with E-state index in [1.165, 1.54) is 4.90 Å². The summed E-state index contributed by atoms with van der Waals surface area (Å²) in [6.07, 6.45) is 5.12. The summed E-state index contributed by atoms with van der Waals surface area (Å²) in [7, 11) is 3.31. The van der Waals surface area contributed by atoms with Crippen molar-refractivity contribution < 1.29 is 19.2 Å². The monoisotopic (exact) mass is 378 g/mol. The maximum Gasteiger partial charge on any atom is 0.196 e. The molecular weight excluding hydrogens is 350 g/mol. The van der Waals surface area contributed by atoms with Gasteiger partial charge in [0.1, 0.15) is 24.6 Å². The minimum Gasteiger partial charge on any atom is -0.497 e. The molecule has 4 heteroatoms. The third-order valence-corrected chi connectivity index (χ3v) is 4.98. The number of carbonyl (C=O) groups excluding carboxylic acids is 1. The van der Waals surface area contributed by atoms with E-state index in [4.69, 9.17) is 9.47 Å². The second-order valence-electron chi connectivity index (χ2n) is 7.07. The van der Waals surface area contributed by atoms with E-state index in [2.05, 4.69) is 6.92 Å². The average molecular weight is 378 g/mol. The standard InChI is InChI=1S/C24H27NO3/c1-4-13-25-16-20(14-18-5-9-22(27-2)10-6-18)24(26)21(17-25)15-19-7-11-23(28-3)12-8-19/h5-12,14-15H,4,13,16-17H2,1-3H3/p+1/b20-14-,21-15+. The van der Waals surface area contributed by atoms with E-state index in [0.29, 0.717) is 0 Å². The fraction of sp³-hybridized carbons (Fsp3) is 0.292. The van der Waals surface area contributed by atoms with Crippen LogP contribution in [0.15, 0.2) is 59.7 Å². The van der Waals surface area contributed by atoms with E-state index < -0.39 is 0 Å². The van der Waals surface area contributed by atoms with Gasteiger partial charge in [-0.25, -0.2) is 0 Å². The number of Topliss-reactive ketones (excluding diaryl/α,β-unsaturated/α-hetero) is 1. The SMILES string of the molecule is CCC[NH+]1C/C(=C/c2ccc(OC)cc2)C(=O)/C(=C/c2ccc(OC)cc2)C1. The summed E-state index contributed by atoms with van der Waals surface area (Å²) in [5.41, 5.74) is 3.76. The number of hydrogen-bond donors (Lipinski definition) is 1. The first-order valence-electron chi connectivity index (χ1n) is 9.70. The van der Waals surface area contributed by atoms with Crippen LogP contribution in [0.25, 0.3) is 12.2 Å². The Bertz CT molecular complexity index is 794. The van der Waals surface area contributed by atoms with Crippen LogP contribution >= 0.6 is 0 Å². The predicted octanol–water partition coefficient (Wildman–Crippen LogP) is 3.05. The van der Waals surface area contributed by atoms with Gasteiger partial charge in [0.25, 0.3) is 0 Å². The van der Waals surface area contributed by atoms with Crippen LogP contribution in [0.5, 0.6) is 11.5 Å². The highest BCUT2D eigenvalue weighted by molar-refractivity contribution is 6.14. The first kappa shape index (κ1) is 19.9. The molecule has 0 amide bonds. The van der Waals surface area contributed by atoms with Gasteiger partial charge in [0.05, 0.1) is 31.9 Å². The number of carbonyl (C=O) groups is 1. The van der Waals surface area contributed by atoms with Crippen LogP contribution in [0.2, 0.25) is 0 Å². The Kier molecular flexibility index (Phi) is 6.66. The van der Waals surface area contributed by atoms with E-state index in [1.54, 1.807) is 14.2 Å². The van der Waals surface area contributed by atoms with Gasteiger partial charge in [-0.15, -0.1) is 0 Å². The first-order valence-corrected chi connectivity index (χ1v) is 9.70. The van der Waals surface area contributed by atoms with E-state index in [1.807, 2.05) is 60.7 Å². The summed E-state index contributed by atoms with van der Waals surface area (Å²) >= 11 is 0. The zero-order valence-corrected chi connectivity index (χ0v) is 16.8. The maximum atomic E-state index is 13.1. The molecule has 146 valence electrons. The molecule has 1 N–H and O–H groups in total. The Morgan fingerprint density at radius 3 is 1.61 bits per heavy atom. The van der Waals surface area contributed by atoms with Gasteiger partial charge in [-0.3, -0.25) is 4.79 Å². The van der Waals surface area contributed by atoms with Crippen molar-refractivity contribution in [3.8, 4) is 11.5 Å². The summed E-state index contributed by atoms with van der Waals surface area (Å²) < 4.78 is 10.4. The molecule has 1 unspecified atom stereocenters. The molecule has 0 spiro atoms. The van der Waals surface area contributed by atoms with Crippen molar-refractivity contribution in [3.63, 3.8) is 0 Å².